The van der Waals surface area contributed by atoms with Gasteiger partial charge in [0.25, 0.3) is 0 Å². The molecule has 0 aliphatic heterocycles. The van der Waals surface area contributed by atoms with E-state index in [0.717, 1.165) is 0 Å². The van der Waals surface area contributed by atoms with Crippen LogP contribution in [-0.4, -0.2) is 16.0 Å². The normalized spacial score (nSPS) is 12.1. The molecule has 2 nitrogen and oxygen atoms in total. The van der Waals surface area contributed by atoms with Gasteiger partial charge in [0.05, 0.1) is 0 Å². The Morgan fingerprint density at radius 1 is 1.50 bits per heavy atom. The molecule has 0 saturated heterocycles. The zero-order valence-electron chi connectivity index (χ0n) is 5.81. The summed E-state index contributed by atoms with van der Waals surface area (Å²) in [6.07, 6.45) is -1.75. The van der Waals surface area contributed by atoms with Crippen LogP contribution in [0.15, 0.2) is 5.03 Å². The average molecular weight is 199 g/mol. The molecule has 0 N–H and O–H groups in total. The number of rotatable bonds is 1. The fraction of sp³-hybridized carbons (Fsp3) is 0.400. The summed E-state index contributed by atoms with van der Waals surface area (Å²) in [6.45, 7) is 0. The molecular formula is C5H3F4N2S. The van der Waals surface area contributed by atoms with Gasteiger partial charge in [-0.2, -0.15) is 9.78 Å². The summed E-state index contributed by atoms with van der Waals surface area (Å²) in [5, 5.41) is 2.15. The second-order valence-corrected chi connectivity index (χ2v) is 2.61. The highest BCUT2D eigenvalue weighted by molar-refractivity contribution is 7.98. The monoisotopic (exact) mass is 199 g/mol. The third-order valence-electron chi connectivity index (χ3n) is 1.06. The molecule has 0 aromatic carbocycles. The number of halogens is 4. The molecule has 0 atom stereocenters. The maximum atomic E-state index is 12.5. The summed E-state index contributed by atoms with van der Waals surface area (Å²) in [7, 11) is 0. The van der Waals surface area contributed by atoms with Crippen LogP contribution in [0.1, 0.15) is 0 Å². The number of nitrogens with zero attached hydrogens (tertiary/aromatic N) is 2. The highest BCUT2D eigenvalue weighted by Crippen LogP contribution is 2.28. The topological polar surface area (TPSA) is 17.8 Å². The van der Waals surface area contributed by atoms with Crippen LogP contribution >= 0.6 is 11.8 Å². The third kappa shape index (κ3) is 1.55. The molecule has 0 spiro atoms. The van der Waals surface area contributed by atoms with Gasteiger partial charge < -0.3 is 0 Å². The average Bonchev–Trinajstić information content (AvgIpc) is 2.29. The molecule has 1 rings (SSSR count). The summed E-state index contributed by atoms with van der Waals surface area (Å²) in [5.74, 6) is -1.08. The SMILES string of the molecule is CSc1c(F)[c]nn1C(F)(F)F. The molecule has 1 radical (unpaired) electrons. The molecule has 67 valence electrons. The van der Waals surface area contributed by atoms with Crippen molar-refractivity contribution in [2.75, 3.05) is 6.26 Å². The third-order valence-corrected chi connectivity index (χ3v) is 1.80. The van der Waals surface area contributed by atoms with Crippen LogP contribution < -0.4 is 0 Å². The van der Waals surface area contributed by atoms with E-state index in [9.17, 15) is 17.6 Å². The molecule has 0 aliphatic rings. The summed E-state index contributed by atoms with van der Waals surface area (Å²) in [4.78, 5) is 0. The van der Waals surface area contributed by atoms with Crippen molar-refractivity contribution >= 4 is 11.8 Å². The fourth-order valence-corrected chi connectivity index (χ4v) is 1.17. The van der Waals surface area contributed by atoms with E-state index in [1.807, 2.05) is 0 Å². The van der Waals surface area contributed by atoms with E-state index in [2.05, 4.69) is 5.10 Å². The first kappa shape index (κ1) is 9.37. The van der Waals surface area contributed by atoms with Crippen LogP contribution in [0.2, 0.25) is 0 Å². The zero-order valence-corrected chi connectivity index (χ0v) is 6.63. The largest absolute Gasteiger partial charge is 0.505 e. The second-order valence-electron chi connectivity index (χ2n) is 1.81. The first-order chi connectivity index (χ1) is 5.46. The van der Waals surface area contributed by atoms with Crippen molar-refractivity contribution in [2.24, 2.45) is 0 Å². The first-order valence-corrected chi connectivity index (χ1v) is 3.96. The van der Waals surface area contributed by atoms with Gasteiger partial charge in [0.15, 0.2) is 12.0 Å². The summed E-state index contributed by atoms with van der Waals surface area (Å²) in [5.41, 5.74) is 0. The van der Waals surface area contributed by atoms with E-state index in [1.54, 1.807) is 6.20 Å². The first-order valence-electron chi connectivity index (χ1n) is 2.74. The Morgan fingerprint density at radius 2 is 2.08 bits per heavy atom. The Morgan fingerprint density at radius 3 is 2.42 bits per heavy atom. The van der Waals surface area contributed by atoms with E-state index in [1.165, 1.54) is 6.26 Å². The van der Waals surface area contributed by atoms with Crippen molar-refractivity contribution in [2.45, 2.75) is 11.3 Å². The van der Waals surface area contributed by atoms with Crippen LogP contribution in [0.4, 0.5) is 17.6 Å². The summed E-state index contributed by atoms with van der Waals surface area (Å²) >= 11 is 0.630. The Labute approximate surface area is 69.6 Å². The van der Waals surface area contributed by atoms with E-state index in [4.69, 9.17) is 0 Å². The summed E-state index contributed by atoms with van der Waals surface area (Å²) < 4.78 is 48.0. The van der Waals surface area contributed by atoms with E-state index < -0.39 is 17.1 Å². The van der Waals surface area contributed by atoms with E-state index in [-0.39, 0.29) is 4.68 Å². The predicted molar refractivity (Wildman–Crippen MR) is 34.1 cm³/mol. The Bertz CT molecular complexity index is 279. The molecule has 1 heterocycles. The highest BCUT2D eigenvalue weighted by Gasteiger charge is 2.35. The smallest absolute Gasteiger partial charge is 0.201 e. The Kier molecular flexibility index (Phi) is 2.31. The van der Waals surface area contributed by atoms with Crippen LogP contribution in [-0.2, 0) is 6.30 Å². The molecule has 0 saturated carbocycles. The lowest BCUT2D eigenvalue weighted by atomic mass is 10.7. The van der Waals surface area contributed by atoms with Gasteiger partial charge in [-0.1, -0.05) is 0 Å². The highest BCUT2D eigenvalue weighted by atomic mass is 32.2. The molecule has 7 heteroatoms. The van der Waals surface area contributed by atoms with Crippen LogP contribution in [0.5, 0.6) is 0 Å². The Hall–Kier alpha value is -0.720. The van der Waals surface area contributed by atoms with Gasteiger partial charge in [-0.25, -0.2) is 4.39 Å². The predicted octanol–water partition coefficient (Wildman–Crippen LogP) is 2.02. The molecular weight excluding hydrogens is 196 g/mol. The van der Waals surface area contributed by atoms with E-state index >= 15 is 0 Å². The number of hydrogen-bond donors (Lipinski definition) is 0. The molecule has 12 heavy (non-hydrogen) atoms. The lowest BCUT2D eigenvalue weighted by Crippen LogP contribution is -2.19. The second kappa shape index (κ2) is 2.96. The molecule has 0 bridgehead atoms. The van der Waals surface area contributed by atoms with Gasteiger partial charge in [0.2, 0.25) is 0 Å². The lowest BCUT2D eigenvalue weighted by Gasteiger charge is -2.07. The van der Waals surface area contributed by atoms with Gasteiger partial charge in [0, 0.05) is 0 Å². The van der Waals surface area contributed by atoms with Crippen molar-refractivity contribution in [1.82, 2.24) is 9.78 Å². The van der Waals surface area contributed by atoms with Crippen molar-refractivity contribution in [3.63, 3.8) is 0 Å². The van der Waals surface area contributed by atoms with Crippen LogP contribution in [0.3, 0.4) is 0 Å². The minimum Gasteiger partial charge on any atom is -0.201 e. The molecule has 0 aliphatic carbocycles. The van der Waals surface area contributed by atoms with Gasteiger partial charge in [-0.3, -0.25) is 0 Å². The maximum Gasteiger partial charge on any atom is 0.505 e. The molecule has 1 aromatic rings. The lowest BCUT2D eigenvalue weighted by molar-refractivity contribution is -0.218. The number of thioether (sulfide) groups is 1. The van der Waals surface area contributed by atoms with Crippen LogP contribution in [0, 0.1) is 12.0 Å². The van der Waals surface area contributed by atoms with Gasteiger partial charge in [-0.15, -0.1) is 24.9 Å². The molecule has 0 fully saturated rings. The van der Waals surface area contributed by atoms with Gasteiger partial charge in [-0.05, 0) is 6.26 Å². The number of aromatic nitrogens is 2. The van der Waals surface area contributed by atoms with E-state index in [0.29, 0.717) is 11.8 Å². The Balaban J connectivity index is 3.16. The van der Waals surface area contributed by atoms with Gasteiger partial charge >= 0.3 is 6.30 Å². The zero-order chi connectivity index (χ0) is 9.35. The minimum absolute atomic E-state index is 0.354. The van der Waals surface area contributed by atoms with Crippen molar-refractivity contribution < 1.29 is 17.6 Å². The summed E-state index contributed by atoms with van der Waals surface area (Å²) in [6, 6.07) is 0. The van der Waals surface area contributed by atoms with Gasteiger partial charge in [0.1, 0.15) is 5.03 Å². The standard InChI is InChI=1S/C5H3F4N2S/c1-12-4-3(6)2-10-11(4)5(7,8)9/h1H3. The molecule has 0 unspecified atom stereocenters. The maximum absolute atomic E-state index is 12.5. The number of alkyl halides is 3. The van der Waals surface area contributed by atoms with Crippen molar-refractivity contribution in [1.29, 1.82) is 0 Å². The number of hydrogen-bond acceptors (Lipinski definition) is 2. The molecule has 0 amide bonds. The van der Waals surface area contributed by atoms with Crippen molar-refractivity contribution in [3.05, 3.63) is 12.0 Å². The fourth-order valence-electron chi connectivity index (χ4n) is 0.628. The minimum atomic E-state index is -4.68. The van der Waals surface area contributed by atoms with Crippen molar-refractivity contribution in [3.8, 4) is 0 Å². The molecule has 1 aromatic heterocycles. The quantitative estimate of drug-likeness (QED) is 0.508. The van der Waals surface area contributed by atoms with Crippen LogP contribution in [0.25, 0.3) is 0 Å².